The van der Waals surface area contributed by atoms with Gasteiger partial charge in [0, 0.05) is 0 Å². The van der Waals surface area contributed by atoms with Crippen LogP contribution in [0, 0.1) is 0 Å². The monoisotopic (exact) mass is 251 g/mol. The van der Waals surface area contributed by atoms with Crippen molar-refractivity contribution in [2.75, 3.05) is 7.05 Å². The molecule has 0 saturated carbocycles. The molecule has 1 heterocycles. The Morgan fingerprint density at radius 1 is 1.61 bits per heavy atom. The predicted molar refractivity (Wildman–Crippen MR) is 72.9 cm³/mol. The summed E-state index contributed by atoms with van der Waals surface area (Å²) < 4.78 is 19.4. The minimum atomic E-state index is -0.211. The van der Waals surface area contributed by atoms with Crippen LogP contribution in [0.3, 0.4) is 0 Å². The molecule has 1 aromatic rings. The first-order chi connectivity index (χ1) is 8.54. The fourth-order valence-electron chi connectivity index (χ4n) is 1.93. The van der Waals surface area contributed by atoms with E-state index in [9.17, 15) is 4.39 Å². The highest BCUT2D eigenvalue weighted by atomic mass is 19.1. The molecule has 1 unspecified atom stereocenters. The molecule has 0 aliphatic carbocycles. The van der Waals surface area contributed by atoms with Crippen molar-refractivity contribution in [1.29, 1.82) is 0 Å². The van der Waals surface area contributed by atoms with Crippen molar-refractivity contribution in [1.82, 2.24) is 4.90 Å². The SMILES string of the molecule is C=C(C)/C=C(/F)C(CCC)N(C)Cc1ccco1. The van der Waals surface area contributed by atoms with Gasteiger partial charge in [0.05, 0.1) is 18.8 Å². The van der Waals surface area contributed by atoms with E-state index in [1.165, 1.54) is 6.08 Å². The Labute approximate surface area is 109 Å². The topological polar surface area (TPSA) is 16.4 Å². The molecule has 2 nitrogen and oxygen atoms in total. The van der Waals surface area contributed by atoms with Crippen molar-refractivity contribution < 1.29 is 8.81 Å². The minimum absolute atomic E-state index is 0.126. The number of hydrogen-bond acceptors (Lipinski definition) is 2. The molecule has 0 aromatic carbocycles. The predicted octanol–water partition coefficient (Wildman–Crippen LogP) is 4.31. The first kappa shape index (κ1) is 14.7. The Bertz CT molecular complexity index is 395. The lowest BCUT2D eigenvalue weighted by Gasteiger charge is -2.25. The first-order valence-electron chi connectivity index (χ1n) is 6.29. The van der Waals surface area contributed by atoms with Crippen LogP contribution in [0.25, 0.3) is 0 Å². The minimum Gasteiger partial charge on any atom is -0.468 e. The first-order valence-corrected chi connectivity index (χ1v) is 6.29. The summed E-state index contributed by atoms with van der Waals surface area (Å²) in [6, 6.07) is 3.54. The molecule has 0 spiro atoms. The van der Waals surface area contributed by atoms with Gasteiger partial charge in [0.25, 0.3) is 0 Å². The average molecular weight is 251 g/mol. The molecule has 0 bridgehead atoms. The quantitative estimate of drug-likeness (QED) is 0.671. The Hall–Kier alpha value is -1.35. The van der Waals surface area contributed by atoms with Gasteiger partial charge in [0.2, 0.25) is 0 Å². The van der Waals surface area contributed by atoms with Gasteiger partial charge in [-0.3, -0.25) is 4.90 Å². The van der Waals surface area contributed by atoms with Gasteiger partial charge in [0.1, 0.15) is 11.6 Å². The van der Waals surface area contributed by atoms with E-state index in [-0.39, 0.29) is 11.9 Å². The molecule has 0 aliphatic rings. The second-order valence-electron chi connectivity index (χ2n) is 4.67. The van der Waals surface area contributed by atoms with Crippen LogP contribution < -0.4 is 0 Å². The summed E-state index contributed by atoms with van der Waals surface area (Å²) in [6.45, 7) is 8.18. The Morgan fingerprint density at radius 3 is 2.83 bits per heavy atom. The molecule has 3 heteroatoms. The van der Waals surface area contributed by atoms with E-state index in [2.05, 4.69) is 13.5 Å². The number of likely N-dealkylation sites (N-methyl/N-ethyl adjacent to an activating group) is 1. The number of allylic oxidation sites excluding steroid dienone is 2. The normalized spacial score (nSPS) is 13.9. The van der Waals surface area contributed by atoms with Crippen LogP contribution in [0.4, 0.5) is 4.39 Å². The summed E-state index contributed by atoms with van der Waals surface area (Å²) in [6.07, 6.45) is 4.87. The Balaban J connectivity index is 2.74. The second-order valence-corrected chi connectivity index (χ2v) is 4.67. The molecule has 0 aliphatic heterocycles. The molecule has 1 atom stereocenters. The van der Waals surface area contributed by atoms with Crippen molar-refractivity contribution in [3.05, 3.63) is 48.2 Å². The largest absolute Gasteiger partial charge is 0.468 e. The van der Waals surface area contributed by atoms with Gasteiger partial charge in [-0.1, -0.05) is 25.5 Å². The highest BCUT2D eigenvalue weighted by Crippen LogP contribution is 2.20. The fourth-order valence-corrected chi connectivity index (χ4v) is 1.93. The summed E-state index contributed by atoms with van der Waals surface area (Å²) in [4.78, 5) is 1.97. The van der Waals surface area contributed by atoms with Crippen LogP contribution in [0.15, 0.2) is 46.9 Å². The van der Waals surface area contributed by atoms with Gasteiger partial charge in [-0.15, -0.1) is 0 Å². The van der Waals surface area contributed by atoms with Crippen LogP contribution >= 0.6 is 0 Å². The molecular formula is C15H22FNO. The number of nitrogens with zero attached hydrogens (tertiary/aromatic N) is 1. The van der Waals surface area contributed by atoms with Crippen molar-refractivity contribution >= 4 is 0 Å². The average Bonchev–Trinajstić information content (AvgIpc) is 2.77. The van der Waals surface area contributed by atoms with Crippen molar-refractivity contribution in [3.63, 3.8) is 0 Å². The zero-order valence-electron chi connectivity index (χ0n) is 11.4. The maximum absolute atomic E-state index is 14.1. The van der Waals surface area contributed by atoms with E-state index in [4.69, 9.17) is 4.42 Å². The van der Waals surface area contributed by atoms with Gasteiger partial charge in [-0.2, -0.15) is 0 Å². The third kappa shape index (κ3) is 4.49. The van der Waals surface area contributed by atoms with E-state index >= 15 is 0 Å². The van der Waals surface area contributed by atoms with E-state index in [1.807, 2.05) is 24.1 Å². The highest BCUT2D eigenvalue weighted by Gasteiger charge is 2.19. The van der Waals surface area contributed by atoms with Crippen molar-refractivity contribution in [2.45, 2.75) is 39.3 Å². The molecule has 100 valence electrons. The van der Waals surface area contributed by atoms with Crippen molar-refractivity contribution in [2.24, 2.45) is 0 Å². The molecule has 0 saturated heterocycles. The number of halogens is 1. The van der Waals surface area contributed by atoms with Crippen LogP contribution in [-0.4, -0.2) is 18.0 Å². The third-order valence-electron chi connectivity index (χ3n) is 2.78. The molecule has 0 amide bonds. The molecule has 0 N–H and O–H groups in total. The summed E-state index contributed by atoms with van der Waals surface area (Å²) in [5, 5.41) is 0. The van der Waals surface area contributed by atoms with Crippen LogP contribution in [-0.2, 0) is 6.54 Å². The number of hydrogen-bond donors (Lipinski definition) is 0. The van der Waals surface area contributed by atoms with Gasteiger partial charge >= 0.3 is 0 Å². The molecule has 1 aromatic heterocycles. The van der Waals surface area contributed by atoms with Crippen LogP contribution in [0.1, 0.15) is 32.4 Å². The molecule has 0 radical (unpaired) electrons. The standard InChI is InChI=1S/C15H22FNO/c1-5-7-15(14(16)10-12(2)3)17(4)11-13-8-6-9-18-13/h6,8-10,15H,2,5,7,11H2,1,3-4H3/b14-10+. The molecule has 1 rings (SSSR count). The number of furan rings is 1. The van der Waals surface area contributed by atoms with E-state index in [0.717, 1.165) is 24.2 Å². The highest BCUT2D eigenvalue weighted by molar-refractivity contribution is 5.18. The lowest BCUT2D eigenvalue weighted by molar-refractivity contribution is 0.208. The maximum atomic E-state index is 14.1. The summed E-state index contributed by atoms with van der Waals surface area (Å²) in [5.41, 5.74) is 0.736. The third-order valence-corrected chi connectivity index (χ3v) is 2.78. The summed E-state index contributed by atoms with van der Waals surface area (Å²) in [5.74, 6) is 0.722. The van der Waals surface area contributed by atoms with Gasteiger partial charge in [-0.05, 0) is 38.6 Å². The van der Waals surface area contributed by atoms with E-state index in [0.29, 0.717) is 6.54 Å². The van der Waals surface area contributed by atoms with Gasteiger partial charge < -0.3 is 4.42 Å². The van der Waals surface area contributed by atoms with Gasteiger partial charge in [0.15, 0.2) is 0 Å². The lowest BCUT2D eigenvalue weighted by Crippen LogP contribution is -2.31. The number of rotatable bonds is 7. The Kier molecular flexibility index (Phi) is 5.86. The van der Waals surface area contributed by atoms with Crippen LogP contribution in [0.2, 0.25) is 0 Å². The van der Waals surface area contributed by atoms with Crippen molar-refractivity contribution in [3.8, 4) is 0 Å². The van der Waals surface area contributed by atoms with E-state index < -0.39 is 0 Å². The van der Waals surface area contributed by atoms with Gasteiger partial charge in [-0.25, -0.2) is 4.39 Å². The zero-order chi connectivity index (χ0) is 13.5. The fraction of sp³-hybridized carbons (Fsp3) is 0.467. The summed E-state index contributed by atoms with van der Waals surface area (Å²) >= 11 is 0. The second kappa shape index (κ2) is 7.17. The maximum Gasteiger partial charge on any atom is 0.117 e. The summed E-state index contributed by atoms with van der Waals surface area (Å²) in [7, 11) is 1.91. The van der Waals surface area contributed by atoms with E-state index in [1.54, 1.807) is 13.2 Å². The van der Waals surface area contributed by atoms with Crippen LogP contribution in [0.5, 0.6) is 0 Å². The molecule has 18 heavy (non-hydrogen) atoms. The Morgan fingerprint density at radius 2 is 2.33 bits per heavy atom. The smallest absolute Gasteiger partial charge is 0.117 e. The molecular weight excluding hydrogens is 229 g/mol. The molecule has 0 fully saturated rings. The zero-order valence-corrected chi connectivity index (χ0v) is 11.4. The lowest BCUT2D eigenvalue weighted by atomic mass is 10.1.